The molecule has 1 amide bonds. The zero-order valence-electron chi connectivity index (χ0n) is 19.1. The lowest BCUT2D eigenvalue weighted by atomic mass is 10.1. The van der Waals surface area contributed by atoms with Crippen molar-refractivity contribution in [1.82, 2.24) is 4.90 Å². The van der Waals surface area contributed by atoms with Crippen LogP contribution in [0.2, 0.25) is 0 Å². The first-order valence-electron chi connectivity index (χ1n) is 10.6. The Hall–Kier alpha value is -3.23. The van der Waals surface area contributed by atoms with Gasteiger partial charge >= 0.3 is 18.0 Å². The van der Waals surface area contributed by atoms with E-state index in [-0.39, 0.29) is 17.8 Å². The average molecular weight is 447 g/mol. The summed E-state index contributed by atoms with van der Waals surface area (Å²) < 4.78 is 21.7. The van der Waals surface area contributed by atoms with Crippen molar-refractivity contribution < 1.29 is 33.3 Å². The Morgan fingerprint density at radius 1 is 1.22 bits per heavy atom. The molecule has 1 unspecified atom stereocenters. The number of likely N-dealkylation sites (tertiary alicyclic amines) is 1. The Labute approximate surface area is 187 Å². The highest BCUT2D eigenvalue weighted by molar-refractivity contribution is 6.15. The van der Waals surface area contributed by atoms with E-state index in [1.165, 1.54) is 20.0 Å². The maximum Gasteiger partial charge on any atom is 0.410 e. The fourth-order valence-electron chi connectivity index (χ4n) is 3.31. The number of hydrogen-bond acceptors (Lipinski definition) is 8. The molecule has 174 valence electrons. The minimum atomic E-state index is -1.29. The Kier molecular flexibility index (Phi) is 6.66. The fourth-order valence-corrected chi connectivity index (χ4v) is 3.31. The van der Waals surface area contributed by atoms with Gasteiger partial charge in [0.2, 0.25) is 0 Å². The second-order valence-electron chi connectivity index (χ2n) is 9.22. The summed E-state index contributed by atoms with van der Waals surface area (Å²) in [5.74, 6) is -2.20. The van der Waals surface area contributed by atoms with Crippen LogP contribution < -0.4 is 10.1 Å². The number of ether oxygens (including phenoxy) is 4. The second-order valence-corrected chi connectivity index (χ2v) is 9.22. The number of carbonyl (C=O) groups excluding carboxylic acids is 3. The van der Waals surface area contributed by atoms with E-state index in [9.17, 15) is 14.4 Å². The first-order valence-corrected chi connectivity index (χ1v) is 10.6. The normalized spacial score (nSPS) is 20.7. The molecule has 2 heterocycles. The van der Waals surface area contributed by atoms with Gasteiger partial charge in [0.05, 0.1) is 6.54 Å². The summed E-state index contributed by atoms with van der Waals surface area (Å²) in [5.41, 5.74) is -0.164. The third-order valence-corrected chi connectivity index (χ3v) is 4.67. The molecule has 0 spiro atoms. The number of nitrogens with one attached hydrogen (secondary N) is 1. The summed E-state index contributed by atoms with van der Waals surface area (Å²) in [6, 6.07) is 7.09. The maximum atomic E-state index is 12.4. The molecule has 9 heteroatoms. The van der Waals surface area contributed by atoms with Crippen LogP contribution in [0.15, 0.2) is 36.0 Å². The topological polar surface area (TPSA) is 103 Å². The molecule has 2 aliphatic heterocycles. The van der Waals surface area contributed by atoms with Gasteiger partial charge in [0.15, 0.2) is 5.57 Å². The van der Waals surface area contributed by atoms with Gasteiger partial charge in [0, 0.05) is 38.3 Å². The van der Waals surface area contributed by atoms with Crippen LogP contribution in [-0.4, -0.2) is 53.5 Å². The third kappa shape index (κ3) is 6.38. The Morgan fingerprint density at radius 2 is 1.91 bits per heavy atom. The van der Waals surface area contributed by atoms with Gasteiger partial charge in [-0.15, -0.1) is 0 Å². The number of hydrogen-bond donors (Lipinski definition) is 1. The van der Waals surface area contributed by atoms with Crippen LogP contribution in [0.5, 0.6) is 5.75 Å². The Morgan fingerprint density at radius 3 is 2.56 bits per heavy atom. The molecule has 1 aromatic rings. The number of cyclic esters (lactones) is 2. The van der Waals surface area contributed by atoms with E-state index in [0.717, 1.165) is 12.8 Å². The van der Waals surface area contributed by atoms with Crippen molar-refractivity contribution in [2.75, 3.05) is 18.4 Å². The molecule has 32 heavy (non-hydrogen) atoms. The van der Waals surface area contributed by atoms with Crippen molar-refractivity contribution in [3.8, 4) is 5.75 Å². The Bertz CT molecular complexity index is 895. The predicted octanol–water partition coefficient (Wildman–Crippen LogP) is 3.60. The van der Waals surface area contributed by atoms with Crippen LogP contribution in [0.25, 0.3) is 0 Å². The van der Waals surface area contributed by atoms with Gasteiger partial charge < -0.3 is 29.2 Å². The lowest BCUT2D eigenvalue weighted by molar-refractivity contribution is -0.222. The number of carbonyl (C=O) groups is 3. The molecule has 2 fully saturated rings. The summed E-state index contributed by atoms with van der Waals surface area (Å²) in [5, 5.41) is 2.90. The van der Waals surface area contributed by atoms with E-state index in [1.54, 1.807) is 29.2 Å². The SMILES string of the molecule is CC(C)(C)OC(=O)N1CCCC(Oc2cccc(NC=C3C(=O)OC(C)(C)OC3=O)c2)C1. The van der Waals surface area contributed by atoms with E-state index >= 15 is 0 Å². The zero-order valence-corrected chi connectivity index (χ0v) is 19.1. The lowest BCUT2D eigenvalue weighted by Gasteiger charge is -2.34. The summed E-state index contributed by atoms with van der Waals surface area (Å²) in [6.07, 6.45) is 2.37. The smallest absolute Gasteiger partial charge is 0.410 e. The lowest BCUT2D eigenvalue weighted by Crippen LogP contribution is -2.46. The molecule has 0 bridgehead atoms. The number of rotatable bonds is 4. The summed E-state index contributed by atoms with van der Waals surface area (Å²) in [4.78, 5) is 38.1. The molecular formula is C23H30N2O7. The van der Waals surface area contributed by atoms with E-state index in [2.05, 4.69) is 5.32 Å². The molecule has 1 atom stereocenters. The number of nitrogens with zero attached hydrogens (tertiary/aromatic N) is 1. The number of piperidine rings is 1. The average Bonchev–Trinajstić information content (AvgIpc) is 2.65. The molecule has 9 nitrogen and oxygen atoms in total. The predicted molar refractivity (Wildman–Crippen MR) is 116 cm³/mol. The largest absolute Gasteiger partial charge is 0.489 e. The van der Waals surface area contributed by atoms with Crippen molar-refractivity contribution in [1.29, 1.82) is 0 Å². The van der Waals surface area contributed by atoms with Gasteiger partial charge in [-0.2, -0.15) is 0 Å². The van der Waals surface area contributed by atoms with E-state index in [0.29, 0.717) is 24.5 Å². The van der Waals surface area contributed by atoms with Crippen molar-refractivity contribution in [3.63, 3.8) is 0 Å². The van der Waals surface area contributed by atoms with Crippen LogP contribution in [0, 0.1) is 0 Å². The van der Waals surface area contributed by atoms with E-state index in [1.807, 2.05) is 20.8 Å². The molecule has 0 aromatic heterocycles. The summed E-state index contributed by atoms with van der Waals surface area (Å²) in [7, 11) is 0. The van der Waals surface area contributed by atoms with E-state index < -0.39 is 23.3 Å². The van der Waals surface area contributed by atoms with Gasteiger partial charge in [-0.25, -0.2) is 14.4 Å². The number of amides is 1. The van der Waals surface area contributed by atoms with Crippen LogP contribution in [-0.2, 0) is 23.8 Å². The van der Waals surface area contributed by atoms with Crippen molar-refractivity contribution in [2.24, 2.45) is 0 Å². The highest BCUT2D eigenvalue weighted by Gasteiger charge is 2.39. The van der Waals surface area contributed by atoms with Crippen LogP contribution in [0.3, 0.4) is 0 Å². The van der Waals surface area contributed by atoms with Gasteiger partial charge in [0.25, 0.3) is 5.79 Å². The fraction of sp³-hybridized carbons (Fsp3) is 0.522. The van der Waals surface area contributed by atoms with Gasteiger partial charge in [-0.3, -0.25) is 0 Å². The number of benzene rings is 1. The standard InChI is InChI=1S/C23H30N2O7/c1-22(2,3)32-21(28)25-11-7-10-17(14-25)29-16-9-6-8-15(12-16)24-13-18-19(26)30-23(4,5)31-20(18)27/h6,8-9,12-13,17,24H,7,10-11,14H2,1-5H3. The summed E-state index contributed by atoms with van der Waals surface area (Å²) >= 11 is 0. The molecule has 0 aliphatic carbocycles. The highest BCUT2D eigenvalue weighted by Crippen LogP contribution is 2.25. The monoisotopic (exact) mass is 446 g/mol. The van der Waals surface area contributed by atoms with Crippen LogP contribution in [0.4, 0.5) is 10.5 Å². The Balaban J connectivity index is 1.61. The highest BCUT2D eigenvalue weighted by atomic mass is 16.7. The molecule has 0 radical (unpaired) electrons. The van der Waals surface area contributed by atoms with Crippen molar-refractivity contribution in [3.05, 3.63) is 36.0 Å². The van der Waals surface area contributed by atoms with E-state index in [4.69, 9.17) is 18.9 Å². The zero-order chi connectivity index (χ0) is 23.5. The van der Waals surface area contributed by atoms with Gasteiger partial charge in [0.1, 0.15) is 17.5 Å². The van der Waals surface area contributed by atoms with Crippen LogP contribution >= 0.6 is 0 Å². The van der Waals surface area contributed by atoms with Crippen molar-refractivity contribution in [2.45, 2.75) is 65.0 Å². The van der Waals surface area contributed by atoms with Crippen LogP contribution in [0.1, 0.15) is 47.5 Å². The van der Waals surface area contributed by atoms with Gasteiger partial charge in [-0.05, 0) is 45.7 Å². The quantitative estimate of drug-likeness (QED) is 0.425. The molecule has 2 saturated heterocycles. The molecule has 3 rings (SSSR count). The third-order valence-electron chi connectivity index (χ3n) is 4.67. The molecule has 1 N–H and O–H groups in total. The first-order chi connectivity index (χ1) is 14.9. The maximum absolute atomic E-state index is 12.4. The number of esters is 2. The van der Waals surface area contributed by atoms with Crippen molar-refractivity contribution >= 4 is 23.7 Å². The minimum absolute atomic E-state index is 0.171. The molecular weight excluding hydrogens is 416 g/mol. The second kappa shape index (κ2) is 9.10. The first kappa shape index (κ1) is 23.4. The molecule has 0 saturated carbocycles. The van der Waals surface area contributed by atoms with Gasteiger partial charge in [-0.1, -0.05) is 6.07 Å². The molecule has 2 aliphatic rings. The molecule has 1 aromatic carbocycles. The number of anilines is 1. The minimum Gasteiger partial charge on any atom is -0.489 e. The summed E-state index contributed by atoms with van der Waals surface area (Å²) in [6.45, 7) is 9.56.